The number of unbranched alkanes of at least 4 members (excludes halogenated alkanes) is 1. The Morgan fingerprint density at radius 1 is 1.47 bits per heavy atom. The first-order valence-corrected chi connectivity index (χ1v) is 7.22. The fraction of sp³-hybridized carbons (Fsp3) is 0.533. The van der Waals surface area contributed by atoms with E-state index in [1.54, 1.807) is 0 Å². The number of aliphatic hydroxyl groups excluding tert-OH is 1. The number of halogens is 1. The number of anilines is 1. The van der Waals surface area contributed by atoms with E-state index < -0.39 is 6.10 Å². The van der Waals surface area contributed by atoms with E-state index in [1.807, 2.05) is 13.0 Å². The van der Waals surface area contributed by atoms with E-state index in [0.29, 0.717) is 17.9 Å². The Labute approximate surface area is 119 Å². The third kappa shape index (κ3) is 2.93. The summed E-state index contributed by atoms with van der Waals surface area (Å²) in [6.07, 6.45) is 3.44. The number of rotatable bonds is 4. The van der Waals surface area contributed by atoms with Crippen LogP contribution in [0.2, 0.25) is 5.02 Å². The fourth-order valence-corrected chi connectivity index (χ4v) is 2.78. The molecule has 0 fully saturated rings. The van der Waals surface area contributed by atoms with E-state index >= 15 is 0 Å². The molecule has 0 radical (unpaired) electrons. The van der Waals surface area contributed by atoms with Crippen molar-refractivity contribution in [3.63, 3.8) is 0 Å². The highest BCUT2D eigenvalue weighted by Gasteiger charge is 2.22. The van der Waals surface area contributed by atoms with Crippen molar-refractivity contribution >= 4 is 23.2 Å². The van der Waals surface area contributed by atoms with Gasteiger partial charge in [-0.15, -0.1) is 0 Å². The van der Waals surface area contributed by atoms with Gasteiger partial charge in [0.25, 0.3) is 0 Å². The Morgan fingerprint density at radius 2 is 2.21 bits per heavy atom. The average Bonchev–Trinajstić information content (AvgIpc) is 2.40. The van der Waals surface area contributed by atoms with Crippen molar-refractivity contribution in [1.82, 2.24) is 0 Å². The SMILES string of the molecule is CCCCC(O)c1cc2c(c(C)c1Cl)NC(=O)CC2. The first-order chi connectivity index (χ1) is 9.04. The van der Waals surface area contributed by atoms with Crippen molar-refractivity contribution in [3.05, 3.63) is 27.8 Å². The van der Waals surface area contributed by atoms with Crippen LogP contribution in [0.3, 0.4) is 0 Å². The summed E-state index contributed by atoms with van der Waals surface area (Å²) >= 11 is 6.34. The third-order valence-corrected chi connectivity index (χ3v) is 4.19. The van der Waals surface area contributed by atoms with Crippen molar-refractivity contribution in [2.75, 3.05) is 5.32 Å². The number of benzene rings is 1. The highest BCUT2D eigenvalue weighted by Crippen LogP contribution is 2.37. The molecule has 1 unspecified atom stereocenters. The van der Waals surface area contributed by atoms with Gasteiger partial charge in [0.05, 0.1) is 11.1 Å². The highest BCUT2D eigenvalue weighted by atomic mass is 35.5. The van der Waals surface area contributed by atoms with Gasteiger partial charge in [-0.2, -0.15) is 0 Å². The van der Waals surface area contributed by atoms with Crippen LogP contribution in [-0.2, 0) is 11.2 Å². The topological polar surface area (TPSA) is 49.3 Å². The molecule has 104 valence electrons. The molecule has 0 aliphatic carbocycles. The van der Waals surface area contributed by atoms with Crippen LogP contribution in [0.1, 0.15) is 55.4 Å². The van der Waals surface area contributed by atoms with Crippen molar-refractivity contribution in [1.29, 1.82) is 0 Å². The number of carbonyl (C=O) groups is 1. The van der Waals surface area contributed by atoms with E-state index in [-0.39, 0.29) is 5.91 Å². The molecule has 0 saturated carbocycles. The number of hydrogen-bond acceptors (Lipinski definition) is 2. The molecule has 1 aromatic rings. The van der Waals surface area contributed by atoms with Crippen LogP contribution in [0.25, 0.3) is 0 Å². The second-order valence-electron chi connectivity index (χ2n) is 5.15. The van der Waals surface area contributed by atoms with Gasteiger partial charge in [0.1, 0.15) is 0 Å². The molecule has 1 heterocycles. The van der Waals surface area contributed by atoms with Crippen molar-refractivity contribution < 1.29 is 9.90 Å². The molecule has 2 N–H and O–H groups in total. The quantitative estimate of drug-likeness (QED) is 0.883. The number of aryl methyl sites for hydroxylation is 1. The van der Waals surface area contributed by atoms with Crippen LogP contribution >= 0.6 is 11.6 Å². The fourth-order valence-electron chi connectivity index (χ4n) is 2.51. The minimum Gasteiger partial charge on any atom is -0.388 e. The summed E-state index contributed by atoms with van der Waals surface area (Å²) in [6.45, 7) is 3.99. The smallest absolute Gasteiger partial charge is 0.224 e. The van der Waals surface area contributed by atoms with E-state index in [2.05, 4.69) is 12.2 Å². The Hall–Kier alpha value is -1.06. The Bertz CT molecular complexity index is 499. The normalized spacial score (nSPS) is 15.9. The van der Waals surface area contributed by atoms with Crippen LogP contribution in [0.5, 0.6) is 0 Å². The van der Waals surface area contributed by atoms with Crippen LogP contribution in [0.4, 0.5) is 5.69 Å². The zero-order chi connectivity index (χ0) is 14.0. The van der Waals surface area contributed by atoms with Gasteiger partial charge in [0.2, 0.25) is 5.91 Å². The molecule has 1 aromatic carbocycles. The van der Waals surface area contributed by atoms with Crippen molar-refractivity contribution in [3.8, 4) is 0 Å². The highest BCUT2D eigenvalue weighted by molar-refractivity contribution is 6.32. The molecule has 1 atom stereocenters. The number of nitrogens with one attached hydrogen (secondary N) is 1. The Kier molecular flexibility index (Phi) is 4.48. The zero-order valence-corrected chi connectivity index (χ0v) is 12.2. The van der Waals surface area contributed by atoms with Gasteiger partial charge in [-0.1, -0.05) is 31.4 Å². The number of fused-ring (bicyclic) bond motifs is 1. The molecular formula is C15H20ClNO2. The van der Waals surface area contributed by atoms with E-state index in [9.17, 15) is 9.90 Å². The lowest BCUT2D eigenvalue weighted by molar-refractivity contribution is -0.116. The molecular weight excluding hydrogens is 262 g/mol. The maximum absolute atomic E-state index is 11.4. The number of hydrogen-bond donors (Lipinski definition) is 2. The molecule has 3 nitrogen and oxygen atoms in total. The lowest BCUT2D eigenvalue weighted by Crippen LogP contribution is -2.20. The molecule has 0 saturated heterocycles. The van der Waals surface area contributed by atoms with Gasteiger partial charge in [-0.25, -0.2) is 0 Å². The van der Waals surface area contributed by atoms with Gasteiger partial charge in [-0.05, 0) is 42.5 Å². The molecule has 1 amide bonds. The summed E-state index contributed by atoms with van der Waals surface area (Å²) in [5, 5.41) is 13.7. The average molecular weight is 282 g/mol. The van der Waals surface area contributed by atoms with Crippen LogP contribution in [0, 0.1) is 6.92 Å². The Morgan fingerprint density at radius 3 is 2.89 bits per heavy atom. The first kappa shape index (κ1) is 14.4. The van der Waals surface area contributed by atoms with Gasteiger partial charge in [-0.3, -0.25) is 4.79 Å². The summed E-state index contributed by atoms with van der Waals surface area (Å²) in [7, 11) is 0. The predicted octanol–water partition coefficient (Wildman–Crippen LogP) is 3.76. The monoisotopic (exact) mass is 281 g/mol. The lowest BCUT2D eigenvalue weighted by Gasteiger charge is -2.23. The minimum atomic E-state index is -0.519. The number of carbonyl (C=O) groups excluding carboxylic acids is 1. The molecule has 1 aliphatic heterocycles. The second-order valence-corrected chi connectivity index (χ2v) is 5.52. The Balaban J connectivity index is 2.36. The van der Waals surface area contributed by atoms with Crippen molar-refractivity contribution in [2.45, 2.75) is 52.1 Å². The minimum absolute atomic E-state index is 0.0333. The van der Waals surface area contributed by atoms with E-state index in [0.717, 1.165) is 41.6 Å². The molecule has 0 spiro atoms. The maximum atomic E-state index is 11.4. The standard InChI is InChI=1S/C15H20ClNO2/c1-3-4-5-12(18)11-8-10-6-7-13(19)17-15(10)9(2)14(11)16/h8,12,18H,3-7H2,1-2H3,(H,17,19). The van der Waals surface area contributed by atoms with Gasteiger partial charge < -0.3 is 10.4 Å². The molecule has 1 aliphatic rings. The molecule has 4 heteroatoms. The molecule has 0 bridgehead atoms. The number of amides is 1. The van der Waals surface area contributed by atoms with E-state index in [4.69, 9.17) is 11.6 Å². The van der Waals surface area contributed by atoms with Crippen LogP contribution < -0.4 is 5.32 Å². The first-order valence-electron chi connectivity index (χ1n) is 6.84. The summed E-state index contributed by atoms with van der Waals surface area (Å²) < 4.78 is 0. The van der Waals surface area contributed by atoms with Crippen molar-refractivity contribution in [2.24, 2.45) is 0 Å². The summed E-state index contributed by atoms with van der Waals surface area (Å²) in [4.78, 5) is 11.4. The summed E-state index contributed by atoms with van der Waals surface area (Å²) in [6, 6.07) is 1.95. The molecule has 2 rings (SSSR count). The third-order valence-electron chi connectivity index (χ3n) is 3.68. The van der Waals surface area contributed by atoms with Gasteiger partial charge in [0, 0.05) is 12.1 Å². The second kappa shape index (κ2) is 5.93. The largest absolute Gasteiger partial charge is 0.388 e. The van der Waals surface area contributed by atoms with E-state index in [1.165, 1.54) is 0 Å². The van der Waals surface area contributed by atoms with Gasteiger partial charge >= 0.3 is 0 Å². The summed E-state index contributed by atoms with van der Waals surface area (Å²) in [5.74, 6) is 0.0333. The maximum Gasteiger partial charge on any atom is 0.224 e. The van der Waals surface area contributed by atoms with Gasteiger partial charge in [0.15, 0.2) is 0 Å². The molecule has 0 aromatic heterocycles. The van der Waals surface area contributed by atoms with Crippen LogP contribution in [0.15, 0.2) is 6.07 Å². The zero-order valence-electron chi connectivity index (χ0n) is 11.4. The lowest BCUT2D eigenvalue weighted by atomic mass is 9.93. The number of aliphatic hydroxyl groups is 1. The molecule has 19 heavy (non-hydrogen) atoms. The summed E-state index contributed by atoms with van der Waals surface area (Å²) in [5.41, 5.74) is 3.56. The predicted molar refractivity (Wildman–Crippen MR) is 77.6 cm³/mol. The van der Waals surface area contributed by atoms with Crippen LogP contribution in [-0.4, -0.2) is 11.0 Å².